The third kappa shape index (κ3) is 3.69. The highest BCUT2D eigenvalue weighted by Gasteiger charge is 2.28. The fourth-order valence-corrected chi connectivity index (χ4v) is 2.38. The molecule has 5 heteroatoms. The van der Waals surface area contributed by atoms with E-state index in [1.54, 1.807) is 0 Å². The quantitative estimate of drug-likeness (QED) is 0.911. The molecule has 0 spiro atoms. The van der Waals surface area contributed by atoms with Crippen LogP contribution in [0.5, 0.6) is 0 Å². The maximum absolute atomic E-state index is 5.78. The van der Waals surface area contributed by atoms with Gasteiger partial charge in [-0.05, 0) is 46.5 Å². The van der Waals surface area contributed by atoms with Crippen molar-refractivity contribution < 1.29 is 4.42 Å². The van der Waals surface area contributed by atoms with E-state index in [0.717, 1.165) is 6.54 Å². The first-order valence-electron chi connectivity index (χ1n) is 7.21. The van der Waals surface area contributed by atoms with Gasteiger partial charge in [0.2, 0.25) is 5.89 Å². The Morgan fingerprint density at radius 1 is 1.32 bits per heavy atom. The predicted molar refractivity (Wildman–Crippen MR) is 76.1 cm³/mol. The van der Waals surface area contributed by atoms with Crippen molar-refractivity contribution in [1.82, 2.24) is 15.5 Å². The molecule has 108 valence electrons. The van der Waals surface area contributed by atoms with Crippen LogP contribution in [0.3, 0.4) is 0 Å². The Bertz CT molecular complexity index is 410. The second-order valence-corrected chi connectivity index (χ2v) is 6.64. The first-order chi connectivity index (χ1) is 8.87. The normalized spacial score (nSPS) is 24.8. The van der Waals surface area contributed by atoms with Crippen molar-refractivity contribution in [3.05, 3.63) is 5.89 Å². The summed E-state index contributed by atoms with van der Waals surface area (Å²) in [6.45, 7) is 12.5. The second kappa shape index (κ2) is 5.49. The van der Waals surface area contributed by atoms with Crippen LogP contribution in [0.25, 0.3) is 0 Å². The third-order valence-corrected chi connectivity index (χ3v) is 3.85. The van der Waals surface area contributed by atoms with E-state index in [9.17, 15) is 0 Å². The van der Waals surface area contributed by atoms with Crippen LogP contribution >= 0.6 is 0 Å². The first kappa shape index (κ1) is 14.3. The van der Waals surface area contributed by atoms with Crippen LogP contribution in [0.2, 0.25) is 0 Å². The summed E-state index contributed by atoms with van der Waals surface area (Å²) in [5, 5.41) is 11.7. The van der Waals surface area contributed by atoms with Gasteiger partial charge in [0.05, 0.1) is 6.54 Å². The molecule has 0 radical (unpaired) electrons. The van der Waals surface area contributed by atoms with Gasteiger partial charge < -0.3 is 14.6 Å². The summed E-state index contributed by atoms with van der Waals surface area (Å²) in [5.74, 6) is 1.34. The van der Waals surface area contributed by atoms with Gasteiger partial charge in [-0.3, -0.25) is 0 Å². The molecule has 0 aliphatic carbocycles. The highest BCUT2D eigenvalue weighted by atomic mass is 16.4. The van der Waals surface area contributed by atoms with Crippen LogP contribution in [-0.2, 0) is 6.54 Å². The molecule has 19 heavy (non-hydrogen) atoms. The molecular formula is C14H26N4O. The Kier molecular flexibility index (Phi) is 4.13. The van der Waals surface area contributed by atoms with E-state index in [4.69, 9.17) is 4.42 Å². The van der Waals surface area contributed by atoms with E-state index in [2.05, 4.69) is 55.0 Å². The SMILES string of the molecule is CC1CCCN(c2nnc(CNC(C)(C)C)o2)C1C. The summed E-state index contributed by atoms with van der Waals surface area (Å²) in [5.41, 5.74) is 0.0571. The van der Waals surface area contributed by atoms with Crippen molar-refractivity contribution in [2.45, 2.75) is 65.6 Å². The molecule has 2 unspecified atom stereocenters. The van der Waals surface area contributed by atoms with Crippen molar-refractivity contribution in [1.29, 1.82) is 0 Å². The van der Waals surface area contributed by atoms with Gasteiger partial charge in [-0.2, -0.15) is 0 Å². The molecule has 2 atom stereocenters. The van der Waals surface area contributed by atoms with E-state index >= 15 is 0 Å². The summed E-state index contributed by atoms with van der Waals surface area (Å²) in [6, 6.07) is 1.14. The van der Waals surface area contributed by atoms with Gasteiger partial charge in [0.25, 0.3) is 0 Å². The number of anilines is 1. The highest BCUT2D eigenvalue weighted by molar-refractivity contribution is 5.27. The van der Waals surface area contributed by atoms with Gasteiger partial charge in [0.15, 0.2) is 0 Å². The maximum Gasteiger partial charge on any atom is 0.318 e. The lowest BCUT2D eigenvalue weighted by Gasteiger charge is -2.36. The lowest BCUT2D eigenvalue weighted by Crippen LogP contribution is -2.42. The monoisotopic (exact) mass is 266 g/mol. The molecule has 5 nitrogen and oxygen atoms in total. The summed E-state index contributed by atoms with van der Waals surface area (Å²) in [6.07, 6.45) is 2.48. The maximum atomic E-state index is 5.78. The molecule has 1 aliphatic rings. The van der Waals surface area contributed by atoms with Crippen molar-refractivity contribution >= 4 is 6.01 Å². The Balaban J connectivity index is 2.00. The van der Waals surface area contributed by atoms with Gasteiger partial charge in [0.1, 0.15) is 0 Å². The molecule has 1 saturated heterocycles. The van der Waals surface area contributed by atoms with Crippen molar-refractivity contribution in [2.24, 2.45) is 5.92 Å². The van der Waals surface area contributed by atoms with Crippen LogP contribution in [0.4, 0.5) is 6.01 Å². The van der Waals surface area contributed by atoms with Gasteiger partial charge >= 0.3 is 6.01 Å². The van der Waals surface area contributed by atoms with Gasteiger partial charge in [-0.25, -0.2) is 0 Å². The summed E-state index contributed by atoms with van der Waals surface area (Å²) in [4.78, 5) is 2.24. The molecular weight excluding hydrogens is 240 g/mol. The Hall–Kier alpha value is -1.10. The molecule has 0 amide bonds. The van der Waals surface area contributed by atoms with E-state index in [-0.39, 0.29) is 5.54 Å². The van der Waals surface area contributed by atoms with Crippen LogP contribution in [0, 0.1) is 5.92 Å². The number of piperidine rings is 1. The lowest BCUT2D eigenvalue weighted by atomic mass is 9.92. The van der Waals surface area contributed by atoms with Crippen molar-refractivity contribution in [3.8, 4) is 0 Å². The van der Waals surface area contributed by atoms with Crippen LogP contribution in [-0.4, -0.2) is 28.3 Å². The van der Waals surface area contributed by atoms with Crippen molar-refractivity contribution in [2.75, 3.05) is 11.4 Å². The number of nitrogens with one attached hydrogen (secondary N) is 1. The summed E-state index contributed by atoms with van der Waals surface area (Å²) < 4.78 is 5.78. The largest absolute Gasteiger partial charge is 0.407 e. The highest BCUT2D eigenvalue weighted by Crippen LogP contribution is 2.27. The van der Waals surface area contributed by atoms with Gasteiger partial charge in [0, 0.05) is 18.1 Å². The molecule has 1 aliphatic heterocycles. The average molecular weight is 266 g/mol. The Labute approximate surface area is 115 Å². The number of rotatable bonds is 3. The average Bonchev–Trinajstić information content (AvgIpc) is 2.78. The standard InChI is InChI=1S/C14H26N4O/c1-10-7-6-8-18(11(10)2)13-17-16-12(19-13)9-15-14(3,4)5/h10-11,15H,6-9H2,1-5H3. The summed E-state index contributed by atoms with van der Waals surface area (Å²) in [7, 11) is 0. The Morgan fingerprint density at radius 3 is 2.74 bits per heavy atom. The molecule has 1 fully saturated rings. The topological polar surface area (TPSA) is 54.2 Å². The van der Waals surface area contributed by atoms with Gasteiger partial charge in [-0.15, -0.1) is 5.10 Å². The van der Waals surface area contributed by atoms with Crippen LogP contribution in [0.15, 0.2) is 4.42 Å². The molecule has 1 N–H and O–H groups in total. The van der Waals surface area contributed by atoms with E-state index < -0.39 is 0 Å². The zero-order valence-corrected chi connectivity index (χ0v) is 12.7. The van der Waals surface area contributed by atoms with Crippen LogP contribution in [0.1, 0.15) is 53.4 Å². The number of hydrogen-bond acceptors (Lipinski definition) is 5. The molecule has 0 saturated carbocycles. The molecule has 1 aromatic rings. The van der Waals surface area contributed by atoms with E-state index in [1.807, 2.05) is 0 Å². The fourth-order valence-electron chi connectivity index (χ4n) is 2.38. The number of hydrogen-bond donors (Lipinski definition) is 1. The molecule has 1 aromatic heterocycles. The number of nitrogens with zero attached hydrogens (tertiary/aromatic N) is 3. The minimum Gasteiger partial charge on any atom is -0.407 e. The van der Waals surface area contributed by atoms with E-state index in [1.165, 1.54) is 12.8 Å². The number of aromatic nitrogens is 2. The van der Waals surface area contributed by atoms with E-state index in [0.29, 0.717) is 30.4 Å². The molecule has 2 heterocycles. The molecule has 0 aromatic carbocycles. The molecule has 0 bridgehead atoms. The predicted octanol–water partition coefficient (Wildman–Crippen LogP) is 2.58. The zero-order valence-electron chi connectivity index (χ0n) is 12.7. The van der Waals surface area contributed by atoms with Gasteiger partial charge in [-0.1, -0.05) is 12.0 Å². The minimum atomic E-state index is 0.0571. The van der Waals surface area contributed by atoms with Crippen LogP contribution < -0.4 is 10.2 Å². The Morgan fingerprint density at radius 2 is 2.05 bits per heavy atom. The van der Waals surface area contributed by atoms with Crippen molar-refractivity contribution in [3.63, 3.8) is 0 Å². The third-order valence-electron chi connectivity index (χ3n) is 3.85. The summed E-state index contributed by atoms with van der Waals surface area (Å²) >= 11 is 0. The molecule has 2 rings (SSSR count). The second-order valence-electron chi connectivity index (χ2n) is 6.64. The smallest absolute Gasteiger partial charge is 0.318 e. The first-order valence-corrected chi connectivity index (χ1v) is 7.21. The minimum absolute atomic E-state index is 0.0571. The lowest BCUT2D eigenvalue weighted by molar-refractivity contribution is 0.333. The zero-order chi connectivity index (χ0) is 14.0. The fraction of sp³-hybridized carbons (Fsp3) is 0.857.